The second kappa shape index (κ2) is 5.90. The van der Waals surface area contributed by atoms with Crippen molar-refractivity contribution < 1.29 is 4.79 Å². The van der Waals surface area contributed by atoms with E-state index in [4.69, 9.17) is 23.2 Å². The fraction of sp³-hybridized carbons (Fsp3) is 0.0769. The van der Waals surface area contributed by atoms with Crippen molar-refractivity contribution in [1.82, 2.24) is 4.98 Å². The first-order chi connectivity index (χ1) is 8.97. The Morgan fingerprint density at radius 3 is 2.63 bits per heavy atom. The fourth-order valence-electron chi connectivity index (χ4n) is 1.54. The topological polar surface area (TPSA) is 42.0 Å². The molecule has 0 unspecified atom stereocenters. The van der Waals surface area contributed by atoms with Crippen LogP contribution < -0.4 is 5.32 Å². The average molecular weight is 360 g/mol. The van der Waals surface area contributed by atoms with Gasteiger partial charge >= 0.3 is 0 Å². The molecule has 1 N–H and O–H groups in total. The number of hydrogen-bond acceptors (Lipinski definition) is 2. The number of aromatic nitrogens is 1. The van der Waals surface area contributed by atoms with Gasteiger partial charge in [-0.05, 0) is 42.8 Å². The van der Waals surface area contributed by atoms with Crippen molar-refractivity contribution in [3.63, 3.8) is 0 Å². The van der Waals surface area contributed by atoms with Crippen molar-refractivity contribution in [2.45, 2.75) is 6.92 Å². The summed E-state index contributed by atoms with van der Waals surface area (Å²) >= 11 is 15.0. The molecule has 0 spiro atoms. The number of anilines is 1. The summed E-state index contributed by atoms with van der Waals surface area (Å²) < 4.78 is 0.953. The van der Waals surface area contributed by atoms with Gasteiger partial charge in [0.05, 0.1) is 5.56 Å². The molecule has 0 saturated carbocycles. The number of amides is 1. The third kappa shape index (κ3) is 3.47. The van der Waals surface area contributed by atoms with Crippen LogP contribution >= 0.6 is 39.1 Å². The number of carbonyl (C=O) groups is 1. The average Bonchev–Trinajstić information content (AvgIpc) is 2.32. The van der Waals surface area contributed by atoms with Crippen LogP contribution in [0.3, 0.4) is 0 Å². The van der Waals surface area contributed by atoms with E-state index < -0.39 is 0 Å². The van der Waals surface area contributed by atoms with E-state index in [1.165, 1.54) is 6.07 Å². The first-order valence-electron chi connectivity index (χ1n) is 5.37. The fourth-order valence-corrected chi connectivity index (χ4v) is 2.44. The summed E-state index contributed by atoms with van der Waals surface area (Å²) in [4.78, 5) is 15.9. The van der Waals surface area contributed by atoms with Crippen molar-refractivity contribution in [2.24, 2.45) is 0 Å². The van der Waals surface area contributed by atoms with Crippen molar-refractivity contribution in [3.8, 4) is 0 Å². The molecule has 0 aliphatic heterocycles. The molecule has 2 aromatic rings. The minimum atomic E-state index is -0.320. The summed E-state index contributed by atoms with van der Waals surface area (Å²) in [5.41, 5.74) is 1.95. The summed E-state index contributed by atoms with van der Waals surface area (Å²) in [7, 11) is 0. The van der Waals surface area contributed by atoms with Crippen molar-refractivity contribution in [3.05, 3.63) is 56.2 Å². The van der Waals surface area contributed by atoms with E-state index in [1.54, 1.807) is 6.07 Å². The molecule has 0 saturated heterocycles. The summed E-state index contributed by atoms with van der Waals surface area (Å²) in [5.74, 6) is -0.320. The first kappa shape index (κ1) is 14.3. The van der Waals surface area contributed by atoms with Gasteiger partial charge in [-0.1, -0.05) is 39.1 Å². The molecule has 0 aliphatic rings. The van der Waals surface area contributed by atoms with Gasteiger partial charge < -0.3 is 5.32 Å². The zero-order chi connectivity index (χ0) is 14.0. The van der Waals surface area contributed by atoms with E-state index in [1.807, 2.05) is 25.1 Å². The molecule has 1 amide bonds. The molecular formula is C13H9BrCl2N2O. The Bertz CT molecular complexity index is 647. The zero-order valence-corrected chi connectivity index (χ0v) is 13.0. The molecule has 2 rings (SSSR count). The standard InChI is InChI=1S/C13H9BrCl2N2O/c1-7-6-8(14)2-4-10(7)17-13(19)9-3-5-11(15)18-12(9)16/h2-6H,1H3,(H,17,19). The van der Waals surface area contributed by atoms with Gasteiger partial charge in [-0.2, -0.15) is 0 Å². The normalized spacial score (nSPS) is 10.3. The number of nitrogens with zero attached hydrogens (tertiary/aromatic N) is 1. The third-order valence-corrected chi connectivity index (χ3v) is 3.49. The lowest BCUT2D eigenvalue weighted by Gasteiger charge is -2.09. The number of pyridine rings is 1. The highest BCUT2D eigenvalue weighted by Crippen LogP contribution is 2.22. The van der Waals surface area contributed by atoms with Gasteiger partial charge in [-0.3, -0.25) is 4.79 Å². The smallest absolute Gasteiger partial charge is 0.258 e. The maximum absolute atomic E-state index is 12.1. The van der Waals surface area contributed by atoms with Crippen LogP contribution in [-0.2, 0) is 0 Å². The van der Waals surface area contributed by atoms with Crippen LogP contribution in [-0.4, -0.2) is 10.9 Å². The van der Waals surface area contributed by atoms with E-state index in [9.17, 15) is 4.79 Å². The molecule has 0 radical (unpaired) electrons. The van der Waals surface area contributed by atoms with Crippen molar-refractivity contribution in [1.29, 1.82) is 0 Å². The van der Waals surface area contributed by atoms with E-state index in [0.29, 0.717) is 0 Å². The van der Waals surface area contributed by atoms with Gasteiger partial charge in [0.2, 0.25) is 0 Å². The molecular weight excluding hydrogens is 351 g/mol. The number of rotatable bonds is 2. The van der Waals surface area contributed by atoms with E-state index >= 15 is 0 Å². The molecule has 6 heteroatoms. The lowest BCUT2D eigenvalue weighted by Crippen LogP contribution is -2.13. The van der Waals surface area contributed by atoms with Gasteiger partial charge in [0.1, 0.15) is 10.3 Å². The van der Waals surface area contributed by atoms with Gasteiger partial charge in [0.25, 0.3) is 5.91 Å². The lowest BCUT2D eigenvalue weighted by molar-refractivity contribution is 0.102. The minimum Gasteiger partial charge on any atom is -0.322 e. The predicted octanol–water partition coefficient (Wildman–Crippen LogP) is 4.71. The van der Waals surface area contributed by atoms with Crippen LogP contribution in [0.2, 0.25) is 10.3 Å². The first-order valence-corrected chi connectivity index (χ1v) is 6.92. The Morgan fingerprint density at radius 2 is 2.00 bits per heavy atom. The zero-order valence-electron chi connectivity index (χ0n) is 9.88. The molecule has 0 aliphatic carbocycles. The Morgan fingerprint density at radius 1 is 1.26 bits per heavy atom. The Kier molecular flexibility index (Phi) is 4.45. The number of aryl methyl sites for hydroxylation is 1. The Balaban J connectivity index is 2.25. The second-order valence-corrected chi connectivity index (χ2v) is 5.55. The minimum absolute atomic E-state index is 0.0831. The second-order valence-electron chi connectivity index (χ2n) is 3.89. The molecule has 98 valence electrons. The summed E-state index contributed by atoms with van der Waals surface area (Å²) in [6.07, 6.45) is 0. The van der Waals surface area contributed by atoms with Crippen LogP contribution in [0.1, 0.15) is 15.9 Å². The molecule has 1 heterocycles. The number of halogens is 3. The largest absolute Gasteiger partial charge is 0.322 e. The van der Waals surface area contributed by atoms with Gasteiger partial charge in [-0.15, -0.1) is 0 Å². The third-order valence-electron chi connectivity index (χ3n) is 2.50. The van der Waals surface area contributed by atoms with Crippen LogP contribution in [0, 0.1) is 6.92 Å². The number of benzene rings is 1. The number of nitrogens with one attached hydrogen (secondary N) is 1. The van der Waals surface area contributed by atoms with E-state index in [-0.39, 0.29) is 21.8 Å². The molecule has 0 bridgehead atoms. The number of carbonyl (C=O) groups excluding carboxylic acids is 1. The predicted molar refractivity (Wildman–Crippen MR) is 81.1 cm³/mol. The highest BCUT2D eigenvalue weighted by atomic mass is 79.9. The lowest BCUT2D eigenvalue weighted by atomic mass is 10.2. The van der Waals surface area contributed by atoms with Crippen molar-refractivity contribution in [2.75, 3.05) is 5.32 Å². The van der Waals surface area contributed by atoms with Crippen LogP contribution in [0.25, 0.3) is 0 Å². The van der Waals surface area contributed by atoms with E-state index in [0.717, 1.165) is 15.7 Å². The molecule has 3 nitrogen and oxygen atoms in total. The maximum Gasteiger partial charge on any atom is 0.258 e. The summed E-state index contributed by atoms with van der Waals surface area (Å²) in [5, 5.41) is 3.12. The number of hydrogen-bond donors (Lipinski definition) is 1. The van der Waals surface area contributed by atoms with Crippen LogP contribution in [0.4, 0.5) is 5.69 Å². The molecule has 0 atom stereocenters. The van der Waals surface area contributed by atoms with Gasteiger partial charge in [0.15, 0.2) is 0 Å². The molecule has 0 fully saturated rings. The highest BCUT2D eigenvalue weighted by molar-refractivity contribution is 9.10. The van der Waals surface area contributed by atoms with Gasteiger partial charge in [0, 0.05) is 10.2 Å². The Hall–Kier alpha value is -1.10. The Labute approximate surface area is 129 Å². The quantitative estimate of drug-likeness (QED) is 0.789. The molecule has 1 aromatic heterocycles. The summed E-state index contributed by atoms with van der Waals surface area (Å²) in [6.45, 7) is 1.90. The maximum atomic E-state index is 12.1. The van der Waals surface area contributed by atoms with Gasteiger partial charge in [-0.25, -0.2) is 4.98 Å². The highest BCUT2D eigenvalue weighted by Gasteiger charge is 2.13. The van der Waals surface area contributed by atoms with E-state index in [2.05, 4.69) is 26.2 Å². The van der Waals surface area contributed by atoms with Crippen LogP contribution in [0.5, 0.6) is 0 Å². The van der Waals surface area contributed by atoms with Crippen LogP contribution in [0.15, 0.2) is 34.8 Å². The molecule has 1 aromatic carbocycles. The monoisotopic (exact) mass is 358 g/mol. The SMILES string of the molecule is Cc1cc(Br)ccc1NC(=O)c1ccc(Cl)nc1Cl. The van der Waals surface area contributed by atoms with Crippen molar-refractivity contribution >= 4 is 50.7 Å². The summed E-state index contributed by atoms with van der Waals surface area (Å²) in [6, 6.07) is 8.65. The molecule has 19 heavy (non-hydrogen) atoms.